The molecule has 0 N–H and O–H groups in total. The molecule has 0 aliphatic carbocycles. The monoisotopic (exact) mass is 267 g/mol. The highest BCUT2D eigenvalue weighted by Crippen LogP contribution is 2.11. The van der Waals surface area contributed by atoms with Gasteiger partial charge in [-0.15, -0.1) is 0 Å². The second kappa shape index (κ2) is 6.47. The standard InChI is InChI=1S/C13H21N3O3/c1-13(2,3)19-12(17)11-14-7-6-10(15-11)18-9-8-16(4)5/h6-7H,8-9H2,1-5H3. The molecule has 0 amide bonds. The molecule has 1 aromatic rings. The fourth-order valence-electron chi connectivity index (χ4n) is 1.18. The van der Waals surface area contributed by atoms with E-state index in [9.17, 15) is 4.79 Å². The van der Waals surface area contributed by atoms with Crippen LogP contribution in [0.5, 0.6) is 5.88 Å². The van der Waals surface area contributed by atoms with Crippen LogP contribution in [0.15, 0.2) is 12.3 Å². The molecule has 0 aromatic carbocycles. The van der Waals surface area contributed by atoms with Crippen molar-refractivity contribution in [1.29, 1.82) is 0 Å². The molecule has 0 bridgehead atoms. The van der Waals surface area contributed by atoms with E-state index in [1.807, 2.05) is 19.0 Å². The fraction of sp³-hybridized carbons (Fsp3) is 0.615. The summed E-state index contributed by atoms with van der Waals surface area (Å²) in [5.74, 6) is -0.166. The summed E-state index contributed by atoms with van der Waals surface area (Å²) >= 11 is 0. The average Bonchev–Trinajstić information content (AvgIpc) is 2.26. The summed E-state index contributed by atoms with van der Waals surface area (Å²) in [5, 5.41) is 0. The molecule has 0 saturated heterocycles. The lowest BCUT2D eigenvalue weighted by Crippen LogP contribution is -2.25. The summed E-state index contributed by atoms with van der Waals surface area (Å²) in [5.41, 5.74) is -0.567. The Balaban J connectivity index is 2.64. The number of rotatable bonds is 5. The van der Waals surface area contributed by atoms with Crippen molar-refractivity contribution in [2.24, 2.45) is 0 Å². The predicted octanol–water partition coefficient (Wildman–Crippen LogP) is 1.37. The average molecular weight is 267 g/mol. The molecule has 0 saturated carbocycles. The Hall–Kier alpha value is -1.69. The number of carbonyl (C=O) groups excluding carboxylic acids is 1. The molecule has 0 fully saturated rings. The van der Waals surface area contributed by atoms with Crippen molar-refractivity contribution in [1.82, 2.24) is 14.9 Å². The number of carbonyl (C=O) groups is 1. The Labute approximate surface area is 113 Å². The van der Waals surface area contributed by atoms with E-state index in [1.54, 1.807) is 26.8 Å². The third-order valence-electron chi connectivity index (χ3n) is 2.00. The Morgan fingerprint density at radius 2 is 2.05 bits per heavy atom. The van der Waals surface area contributed by atoms with Crippen LogP contribution in [0.25, 0.3) is 0 Å². The second-order valence-electron chi connectivity index (χ2n) is 5.37. The van der Waals surface area contributed by atoms with Crippen molar-refractivity contribution in [3.63, 3.8) is 0 Å². The number of ether oxygens (including phenoxy) is 2. The molecule has 1 rings (SSSR count). The molecule has 1 heterocycles. The highest BCUT2D eigenvalue weighted by atomic mass is 16.6. The number of nitrogens with zero attached hydrogens (tertiary/aromatic N) is 3. The zero-order chi connectivity index (χ0) is 14.5. The van der Waals surface area contributed by atoms with Crippen LogP contribution in [-0.2, 0) is 4.74 Å². The van der Waals surface area contributed by atoms with Gasteiger partial charge in [-0.2, -0.15) is 4.98 Å². The van der Waals surface area contributed by atoms with Gasteiger partial charge in [-0.3, -0.25) is 0 Å². The van der Waals surface area contributed by atoms with Crippen LogP contribution < -0.4 is 4.74 Å². The van der Waals surface area contributed by atoms with E-state index >= 15 is 0 Å². The first-order valence-corrected chi connectivity index (χ1v) is 6.12. The van der Waals surface area contributed by atoms with Gasteiger partial charge in [0.15, 0.2) is 0 Å². The number of hydrogen-bond donors (Lipinski definition) is 0. The molecule has 6 heteroatoms. The van der Waals surface area contributed by atoms with E-state index < -0.39 is 11.6 Å². The Kier molecular flexibility index (Phi) is 5.23. The van der Waals surface area contributed by atoms with E-state index in [-0.39, 0.29) is 5.82 Å². The Morgan fingerprint density at radius 3 is 2.63 bits per heavy atom. The van der Waals surface area contributed by atoms with Gasteiger partial charge in [-0.25, -0.2) is 9.78 Å². The lowest BCUT2D eigenvalue weighted by molar-refractivity contribution is 0.00542. The van der Waals surface area contributed by atoms with Crippen molar-refractivity contribution in [2.75, 3.05) is 27.2 Å². The maximum absolute atomic E-state index is 11.8. The topological polar surface area (TPSA) is 64.5 Å². The van der Waals surface area contributed by atoms with Crippen LogP contribution in [0.2, 0.25) is 0 Å². The first kappa shape index (κ1) is 15.4. The second-order valence-corrected chi connectivity index (χ2v) is 5.37. The van der Waals surface area contributed by atoms with Crippen LogP contribution in [0.1, 0.15) is 31.4 Å². The van der Waals surface area contributed by atoms with Crippen molar-refractivity contribution in [3.8, 4) is 5.88 Å². The van der Waals surface area contributed by atoms with E-state index in [1.165, 1.54) is 6.20 Å². The van der Waals surface area contributed by atoms with Crippen molar-refractivity contribution in [3.05, 3.63) is 18.1 Å². The predicted molar refractivity (Wildman–Crippen MR) is 71.2 cm³/mol. The van der Waals surface area contributed by atoms with Gasteiger partial charge < -0.3 is 14.4 Å². The normalized spacial score (nSPS) is 11.5. The third kappa shape index (κ3) is 6.15. The zero-order valence-corrected chi connectivity index (χ0v) is 12.1. The highest BCUT2D eigenvalue weighted by molar-refractivity contribution is 5.85. The first-order valence-electron chi connectivity index (χ1n) is 6.12. The van der Waals surface area contributed by atoms with E-state index in [0.29, 0.717) is 12.5 Å². The summed E-state index contributed by atoms with van der Waals surface area (Å²) < 4.78 is 10.6. The van der Waals surface area contributed by atoms with Crippen LogP contribution in [0.4, 0.5) is 0 Å². The largest absolute Gasteiger partial charge is 0.476 e. The van der Waals surface area contributed by atoms with E-state index in [2.05, 4.69) is 9.97 Å². The quantitative estimate of drug-likeness (QED) is 0.751. The van der Waals surface area contributed by atoms with Gasteiger partial charge in [0.25, 0.3) is 0 Å². The minimum absolute atomic E-state index is 0.0114. The molecule has 1 aromatic heterocycles. The molecule has 0 atom stereocenters. The summed E-state index contributed by atoms with van der Waals surface area (Å²) in [4.78, 5) is 21.7. The van der Waals surface area contributed by atoms with E-state index in [0.717, 1.165) is 6.54 Å². The zero-order valence-electron chi connectivity index (χ0n) is 12.1. The molecule has 106 valence electrons. The van der Waals surface area contributed by atoms with Gasteiger partial charge in [-0.05, 0) is 34.9 Å². The molecule has 0 aliphatic rings. The maximum Gasteiger partial charge on any atom is 0.377 e. The van der Waals surface area contributed by atoms with Gasteiger partial charge in [0.2, 0.25) is 11.7 Å². The minimum Gasteiger partial charge on any atom is -0.476 e. The molecule has 0 radical (unpaired) electrons. The molecule has 19 heavy (non-hydrogen) atoms. The molecular formula is C13H21N3O3. The van der Waals surface area contributed by atoms with Crippen molar-refractivity contribution < 1.29 is 14.3 Å². The third-order valence-corrected chi connectivity index (χ3v) is 2.00. The van der Waals surface area contributed by atoms with Crippen LogP contribution in [0, 0.1) is 0 Å². The molecule has 0 spiro atoms. The highest BCUT2D eigenvalue weighted by Gasteiger charge is 2.20. The lowest BCUT2D eigenvalue weighted by Gasteiger charge is -2.18. The van der Waals surface area contributed by atoms with Gasteiger partial charge in [-0.1, -0.05) is 0 Å². The molecular weight excluding hydrogens is 246 g/mol. The number of aromatic nitrogens is 2. The molecule has 6 nitrogen and oxygen atoms in total. The SMILES string of the molecule is CN(C)CCOc1ccnc(C(=O)OC(C)(C)C)n1. The Morgan fingerprint density at radius 1 is 1.37 bits per heavy atom. The summed E-state index contributed by atoms with van der Waals surface area (Å²) in [6.45, 7) is 6.65. The van der Waals surface area contributed by atoms with E-state index in [4.69, 9.17) is 9.47 Å². The number of esters is 1. The number of likely N-dealkylation sites (N-methyl/N-ethyl adjacent to an activating group) is 1. The van der Waals surface area contributed by atoms with Crippen molar-refractivity contribution >= 4 is 5.97 Å². The summed E-state index contributed by atoms with van der Waals surface area (Å²) in [6.07, 6.45) is 1.48. The maximum atomic E-state index is 11.8. The van der Waals surface area contributed by atoms with Crippen LogP contribution in [0.3, 0.4) is 0 Å². The van der Waals surface area contributed by atoms with Crippen molar-refractivity contribution in [2.45, 2.75) is 26.4 Å². The first-order chi connectivity index (χ1) is 8.78. The minimum atomic E-state index is -0.567. The summed E-state index contributed by atoms with van der Waals surface area (Å²) in [6, 6.07) is 1.61. The smallest absolute Gasteiger partial charge is 0.377 e. The summed E-state index contributed by atoms with van der Waals surface area (Å²) in [7, 11) is 3.91. The van der Waals surface area contributed by atoms with Gasteiger partial charge >= 0.3 is 5.97 Å². The lowest BCUT2D eigenvalue weighted by atomic mass is 10.2. The molecule has 0 unspecified atom stereocenters. The van der Waals surface area contributed by atoms with Gasteiger partial charge in [0.1, 0.15) is 12.2 Å². The molecule has 0 aliphatic heterocycles. The van der Waals surface area contributed by atoms with Gasteiger partial charge in [0, 0.05) is 18.8 Å². The van der Waals surface area contributed by atoms with Crippen LogP contribution >= 0.6 is 0 Å². The fourth-order valence-corrected chi connectivity index (χ4v) is 1.18. The van der Waals surface area contributed by atoms with Gasteiger partial charge in [0.05, 0.1) is 0 Å². The van der Waals surface area contributed by atoms with Crippen LogP contribution in [-0.4, -0.2) is 53.7 Å². The Bertz CT molecular complexity index is 427. The number of hydrogen-bond acceptors (Lipinski definition) is 6.